The third kappa shape index (κ3) is 2.92. The van der Waals surface area contributed by atoms with Crippen molar-refractivity contribution in [1.29, 1.82) is 0 Å². The fourth-order valence-corrected chi connectivity index (χ4v) is 1.56. The van der Waals surface area contributed by atoms with E-state index in [1.807, 2.05) is 0 Å². The molecule has 1 rings (SSSR count). The minimum absolute atomic E-state index is 0.0905. The monoisotopic (exact) mass is 274 g/mol. The van der Waals surface area contributed by atoms with Crippen LogP contribution in [0.25, 0.3) is 0 Å². The second-order valence-corrected chi connectivity index (χ2v) is 4.47. The van der Waals surface area contributed by atoms with Crippen LogP contribution in [0.5, 0.6) is 0 Å². The molecule has 0 aliphatic carbocycles. The molecule has 1 atom stereocenters. The van der Waals surface area contributed by atoms with Crippen LogP contribution in [-0.4, -0.2) is 28.9 Å². The van der Waals surface area contributed by atoms with Crippen molar-refractivity contribution in [2.45, 2.75) is 13.0 Å². The quantitative estimate of drug-likeness (QED) is 0.860. The summed E-state index contributed by atoms with van der Waals surface area (Å²) in [5.74, 6) is -1.24. The van der Waals surface area contributed by atoms with E-state index in [0.717, 1.165) is 0 Å². The summed E-state index contributed by atoms with van der Waals surface area (Å²) in [5, 5.41) is -0.0905. The Hall–Kier alpha value is -1.20. The molecule has 0 heterocycles. The zero-order valence-corrected chi connectivity index (χ0v) is 11.0. The van der Waals surface area contributed by atoms with Crippen LogP contribution in [0.2, 0.25) is 5.02 Å². The Labute approximate surface area is 109 Å². The number of nitrogens with zero attached hydrogens (tertiary/aromatic N) is 1. The number of carbonyl (C=O) groups excluding carboxylic acids is 1. The number of rotatable bonds is 3. The molecule has 1 aromatic rings. The summed E-state index contributed by atoms with van der Waals surface area (Å²) in [5.41, 5.74) is 5.34. The highest BCUT2D eigenvalue weighted by molar-refractivity contribution is 7.80. The molecule has 0 spiro atoms. The molecule has 6 heteroatoms. The van der Waals surface area contributed by atoms with Crippen LogP contribution in [0, 0.1) is 5.82 Å². The molecule has 1 aromatic carbocycles. The molecule has 1 unspecified atom stereocenters. The van der Waals surface area contributed by atoms with Crippen molar-refractivity contribution in [1.82, 2.24) is 4.90 Å². The van der Waals surface area contributed by atoms with Crippen LogP contribution in [-0.2, 0) is 0 Å². The van der Waals surface area contributed by atoms with E-state index in [1.54, 1.807) is 6.92 Å². The van der Waals surface area contributed by atoms with Gasteiger partial charge < -0.3 is 10.6 Å². The summed E-state index contributed by atoms with van der Waals surface area (Å²) in [7, 11) is 1.51. The highest BCUT2D eigenvalue weighted by atomic mass is 35.5. The summed E-state index contributed by atoms with van der Waals surface area (Å²) >= 11 is 10.4. The van der Waals surface area contributed by atoms with Crippen LogP contribution in [0.1, 0.15) is 17.3 Å². The van der Waals surface area contributed by atoms with Crippen molar-refractivity contribution in [3.63, 3.8) is 0 Å². The van der Waals surface area contributed by atoms with Crippen LogP contribution in [0.3, 0.4) is 0 Å². The maximum absolute atomic E-state index is 13.6. The Morgan fingerprint density at radius 2 is 2.18 bits per heavy atom. The molecule has 0 saturated heterocycles. The van der Waals surface area contributed by atoms with E-state index in [4.69, 9.17) is 29.6 Å². The minimum atomic E-state index is -0.735. The largest absolute Gasteiger partial charge is 0.392 e. The molecule has 3 nitrogen and oxygen atoms in total. The molecule has 0 fully saturated rings. The van der Waals surface area contributed by atoms with E-state index in [0.29, 0.717) is 0 Å². The van der Waals surface area contributed by atoms with Gasteiger partial charge in [-0.3, -0.25) is 4.79 Å². The maximum Gasteiger partial charge on any atom is 0.257 e. The molecule has 0 bridgehead atoms. The van der Waals surface area contributed by atoms with E-state index in [9.17, 15) is 9.18 Å². The zero-order valence-electron chi connectivity index (χ0n) is 9.41. The first-order valence-corrected chi connectivity index (χ1v) is 5.65. The third-order valence-electron chi connectivity index (χ3n) is 2.50. The van der Waals surface area contributed by atoms with E-state index in [1.165, 1.54) is 30.1 Å². The van der Waals surface area contributed by atoms with Crippen molar-refractivity contribution >= 4 is 34.7 Å². The standard InChI is InChI=1S/C11H12ClFN2OS/c1-6(10(14)17)15(2)11(16)7-4-3-5-8(12)9(7)13/h3-6H,1-2H3,(H2,14,17). The molecular weight excluding hydrogens is 263 g/mol. The number of hydrogen-bond acceptors (Lipinski definition) is 2. The minimum Gasteiger partial charge on any atom is -0.392 e. The summed E-state index contributed by atoms with van der Waals surface area (Å²) in [4.78, 5) is 13.4. The number of halogens is 2. The first kappa shape index (κ1) is 13.9. The van der Waals surface area contributed by atoms with Gasteiger partial charge in [0.25, 0.3) is 5.91 Å². The van der Waals surface area contributed by atoms with Gasteiger partial charge in [0.1, 0.15) is 0 Å². The van der Waals surface area contributed by atoms with Gasteiger partial charge >= 0.3 is 0 Å². The number of amides is 1. The highest BCUT2D eigenvalue weighted by Crippen LogP contribution is 2.19. The average Bonchev–Trinajstić information content (AvgIpc) is 2.29. The summed E-state index contributed by atoms with van der Waals surface area (Å²) < 4.78 is 13.6. The average molecular weight is 275 g/mol. The molecule has 1 amide bonds. The van der Waals surface area contributed by atoms with Gasteiger partial charge in [-0.2, -0.15) is 0 Å². The number of carbonyl (C=O) groups is 1. The van der Waals surface area contributed by atoms with Crippen molar-refractivity contribution < 1.29 is 9.18 Å². The molecule has 0 radical (unpaired) electrons. The zero-order chi connectivity index (χ0) is 13.2. The molecule has 0 saturated carbocycles. The normalized spacial score (nSPS) is 12.0. The van der Waals surface area contributed by atoms with Crippen molar-refractivity contribution in [2.75, 3.05) is 7.05 Å². The summed E-state index contributed by atoms with van der Waals surface area (Å²) in [6.07, 6.45) is 0. The summed E-state index contributed by atoms with van der Waals surface area (Å²) in [6.45, 7) is 1.67. The molecule has 17 heavy (non-hydrogen) atoms. The topological polar surface area (TPSA) is 46.3 Å². The third-order valence-corrected chi connectivity index (χ3v) is 3.13. The highest BCUT2D eigenvalue weighted by Gasteiger charge is 2.22. The van der Waals surface area contributed by atoms with Gasteiger partial charge in [-0.25, -0.2) is 4.39 Å². The van der Waals surface area contributed by atoms with Crippen LogP contribution < -0.4 is 5.73 Å². The fraction of sp³-hybridized carbons (Fsp3) is 0.273. The van der Waals surface area contributed by atoms with Crippen molar-refractivity contribution in [3.05, 3.63) is 34.6 Å². The molecule has 2 N–H and O–H groups in total. The van der Waals surface area contributed by atoms with E-state index >= 15 is 0 Å². The SMILES string of the molecule is CC(C(N)=S)N(C)C(=O)c1cccc(Cl)c1F. The predicted molar refractivity (Wildman–Crippen MR) is 69.8 cm³/mol. The smallest absolute Gasteiger partial charge is 0.257 e. The number of thiocarbonyl (C=S) groups is 1. The number of nitrogens with two attached hydrogens (primary N) is 1. The number of likely N-dealkylation sites (N-methyl/N-ethyl adjacent to an activating group) is 1. The van der Waals surface area contributed by atoms with E-state index < -0.39 is 17.8 Å². The summed E-state index contributed by atoms with van der Waals surface area (Å²) in [6, 6.07) is 3.81. The number of benzene rings is 1. The van der Waals surface area contributed by atoms with Gasteiger partial charge in [0.15, 0.2) is 5.82 Å². The second-order valence-electron chi connectivity index (χ2n) is 3.60. The number of hydrogen-bond donors (Lipinski definition) is 1. The lowest BCUT2D eigenvalue weighted by Crippen LogP contribution is -2.43. The van der Waals surface area contributed by atoms with E-state index in [-0.39, 0.29) is 15.6 Å². The molecule has 0 aliphatic rings. The Morgan fingerprint density at radius 1 is 1.59 bits per heavy atom. The Morgan fingerprint density at radius 3 is 2.71 bits per heavy atom. The van der Waals surface area contributed by atoms with Gasteiger partial charge in [0.2, 0.25) is 0 Å². The van der Waals surface area contributed by atoms with Gasteiger partial charge in [0, 0.05) is 7.05 Å². The molecular formula is C11H12ClFN2OS. The maximum atomic E-state index is 13.6. The lowest BCUT2D eigenvalue weighted by molar-refractivity contribution is 0.0774. The van der Waals surface area contributed by atoms with E-state index in [2.05, 4.69) is 0 Å². The molecule has 0 aliphatic heterocycles. The fourth-order valence-electron chi connectivity index (χ4n) is 1.23. The van der Waals surface area contributed by atoms with Crippen LogP contribution in [0.4, 0.5) is 4.39 Å². The lowest BCUT2D eigenvalue weighted by atomic mass is 10.1. The predicted octanol–water partition coefficient (Wildman–Crippen LogP) is 2.23. The van der Waals surface area contributed by atoms with Gasteiger partial charge in [-0.15, -0.1) is 0 Å². The van der Waals surface area contributed by atoms with Crippen LogP contribution >= 0.6 is 23.8 Å². The first-order valence-electron chi connectivity index (χ1n) is 4.86. The van der Waals surface area contributed by atoms with Gasteiger partial charge in [0.05, 0.1) is 21.6 Å². The van der Waals surface area contributed by atoms with Crippen LogP contribution in [0.15, 0.2) is 18.2 Å². The van der Waals surface area contributed by atoms with Gasteiger partial charge in [-0.05, 0) is 19.1 Å². The van der Waals surface area contributed by atoms with Gasteiger partial charge in [-0.1, -0.05) is 29.9 Å². The Kier molecular flexibility index (Phi) is 4.42. The van der Waals surface area contributed by atoms with Crippen molar-refractivity contribution in [2.24, 2.45) is 5.73 Å². The second kappa shape index (κ2) is 5.42. The Bertz CT molecular complexity index is 467. The first-order chi connectivity index (χ1) is 7.86. The Balaban J connectivity index is 3.05. The lowest BCUT2D eigenvalue weighted by Gasteiger charge is -2.24. The van der Waals surface area contributed by atoms with Crippen molar-refractivity contribution in [3.8, 4) is 0 Å². The molecule has 92 valence electrons. The molecule has 0 aromatic heterocycles.